The van der Waals surface area contributed by atoms with Crippen LogP contribution in [0.5, 0.6) is 0 Å². The molecule has 2 heterocycles. The summed E-state index contributed by atoms with van der Waals surface area (Å²) in [5.74, 6) is 0.397. The molecule has 0 saturated heterocycles. The molecule has 4 rings (SSSR count). The molecule has 7 heteroatoms. The zero-order valence-electron chi connectivity index (χ0n) is 15.6. The van der Waals surface area contributed by atoms with Gasteiger partial charge in [-0.05, 0) is 41.3 Å². The van der Waals surface area contributed by atoms with E-state index in [0.29, 0.717) is 47.7 Å². The zero-order chi connectivity index (χ0) is 20.2. The molecule has 0 fully saturated rings. The number of carbonyl (C=O) groups excluding carboxylic acids is 1. The maximum Gasteiger partial charge on any atom is 0.296 e. The Labute approximate surface area is 179 Å². The normalized spacial score (nSPS) is 13.3. The van der Waals surface area contributed by atoms with Gasteiger partial charge < -0.3 is 5.32 Å². The Balaban J connectivity index is 1.42. The molecule has 1 aliphatic heterocycles. The van der Waals surface area contributed by atoms with Crippen LogP contribution in [0.2, 0.25) is 10.0 Å². The molecular weight excluding hydrogens is 409 g/mol. The quantitative estimate of drug-likeness (QED) is 0.592. The van der Waals surface area contributed by atoms with E-state index in [-0.39, 0.29) is 5.91 Å². The van der Waals surface area contributed by atoms with Crippen molar-refractivity contribution < 1.29 is 9.63 Å². The summed E-state index contributed by atoms with van der Waals surface area (Å²) in [6, 6.07) is 19.0. The molecule has 0 spiro atoms. The molecule has 0 aliphatic carbocycles. The van der Waals surface area contributed by atoms with E-state index in [1.54, 1.807) is 12.1 Å². The van der Waals surface area contributed by atoms with Gasteiger partial charge in [0.15, 0.2) is 0 Å². The number of amides is 1. The standard InChI is InChI=1S/C22H19Cl2N3O2/c23-18-8-6-16(12-19(18)24)13-25-20-9-7-17-10-11-27(22(28)21(17)26-20)29-14-15-4-2-1-3-5-15/h1-9,12H,10-11,13-14H2,(H,25,26). The number of hydrogen-bond acceptors (Lipinski definition) is 4. The second-order valence-electron chi connectivity index (χ2n) is 6.72. The number of fused-ring (bicyclic) bond motifs is 1. The summed E-state index contributed by atoms with van der Waals surface area (Å²) in [7, 11) is 0. The third kappa shape index (κ3) is 4.70. The van der Waals surface area contributed by atoms with Crippen LogP contribution in [0.25, 0.3) is 0 Å². The molecule has 3 aromatic rings. The van der Waals surface area contributed by atoms with Gasteiger partial charge in [0.05, 0.1) is 16.6 Å². The van der Waals surface area contributed by atoms with Crippen molar-refractivity contribution in [2.45, 2.75) is 19.6 Å². The first-order valence-corrected chi connectivity index (χ1v) is 10.0. The number of carbonyl (C=O) groups is 1. The highest BCUT2D eigenvalue weighted by molar-refractivity contribution is 6.42. The van der Waals surface area contributed by atoms with Gasteiger partial charge in [0, 0.05) is 6.54 Å². The first-order valence-electron chi connectivity index (χ1n) is 9.26. The summed E-state index contributed by atoms with van der Waals surface area (Å²) in [6.07, 6.45) is 0.704. The lowest BCUT2D eigenvalue weighted by molar-refractivity contribution is -0.135. The minimum absolute atomic E-state index is 0.222. The van der Waals surface area contributed by atoms with E-state index >= 15 is 0 Å². The van der Waals surface area contributed by atoms with Gasteiger partial charge in [-0.2, -0.15) is 0 Å². The Morgan fingerprint density at radius 1 is 1.00 bits per heavy atom. The van der Waals surface area contributed by atoms with Crippen LogP contribution in [0.15, 0.2) is 60.7 Å². The smallest absolute Gasteiger partial charge is 0.296 e. The number of aromatic nitrogens is 1. The lowest BCUT2D eigenvalue weighted by atomic mass is 10.1. The Morgan fingerprint density at radius 3 is 2.62 bits per heavy atom. The van der Waals surface area contributed by atoms with Crippen molar-refractivity contribution in [3.63, 3.8) is 0 Å². The average molecular weight is 428 g/mol. The summed E-state index contributed by atoms with van der Waals surface area (Å²) in [4.78, 5) is 23.1. The van der Waals surface area contributed by atoms with Gasteiger partial charge in [0.1, 0.15) is 18.1 Å². The first kappa shape index (κ1) is 19.7. The Kier molecular flexibility index (Phi) is 6.00. The van der Waals surface area contributed by atoms with Gasteiger partial charge in [-0.25, -0.2) is 10.0 Å². The number of hydroxylamine groups is 2. The van der Waals surface area contributed by atoms with Crippen LogP contribution in [-0.2, 0) is 24.4 Å². The number of pyridine rings is 1. The lowest BCUT2D eigenvalue weighted by Gasteiger charge is -2.27. The maximum atomic E-state index is 12.8. The van der Waals surface area contributed by atoms with Crippen molar-refractivity contribution in [1.29, 1.82) is 0 Å². The molecule has 0 atom stereocenters. The van der Waals surface area contributed by atoms with E-state index in [1.165, 1.54) is 5.06 Å². The fourth-order valence-electron chi connectivity index (χ4n) is 3.11. The first-order chi connectivity index (χ1) is 14.1. The topological polar surface area (TPSA) is 54.5 Å². The molecule has 0 bridgehead atoms. The minimum Gasteiger partial charge on any atom is -0.366 e. The number of hydrogen-bond donors (Lipinski definition) is 1. The summed E-state index contributed by atoms with van der Waals surface area (Å²) in [6.45, 7) is 1.37. The molecule has 1 N–H and O–H groups in total. The molecule has 0 radical (unpaired) electrons. The highest BCUT2D eigenvalue weighted by Crippen LogP contribution is 2.24. The number of anilines is 1. The summed E-state index contributed by atoms with van der Waals surface area (Å²) in [5, 5.41) is 5.64. The van der Waals surface area contributed by atoms with Crippen molar-refractivity contribution in [2.75, 3.05) is 11.9 Å². The molecule has 2 aromatic carbocycles. The predicted molar refractivity (Wildman–Crippen MR) is 114 cm³/mol. The third-order valence-electron chi connectivity index (χ3n) is 4.68. The summed E-state index contributed by atoms with van der Waals surface area (Å²) < 4.78 is 0. The molecule has 1 aliphatic rings. The van der Waals surface area contributed by atoms with Gasteiger partial charge in [-0.15, -0.1) is 0 Å². The number of nitrogens with one attached hydrogen (secondary N) is 1. The van der Waals surface area contributed by atoms with Crippen molar-refractivity contribution in [1.82, 2.24) is 10.0 Å². The fourth-order valence-corrected chi connectivity index (χ4v) is 3.43. The molecule has 5 nitrogen and oxygen atoms in total. The summed E-state index contributed by atoms with van der Waals surface area (Å²) >= 11 is 12.0. The Hall–Kier alpha value is -2.60. The highest BCUT2D eigenvalue weighted by atomic mass is 35.5. The van der Waals surface area contributed by atoms with Crippen molar-refractivity contribution >= 4 is 34.9 Å². The predicted octanol–water partition coefficient (Wildman–Crippen LogP) is 5.13. The Bertz CT molecular complexity index is 1030. The van der Waals surface area contributed by atoms with Gasteiger partial charge in [-0.3, -0.25) is 9.63 Å². The van der Waals surface area contributed by atoms with Gasteiger partial charge in [0.2, 0.25) is 0 Å². The van der Waals surface area contributed by atoms with Crippen LogP contribution >= 0.6 is 23.2 Å². The SMILES string of the molecule is O=C1c2nc(NCc3ccc(Cl)c(Cl)c3)ccc2CCN1OCc1ccccc1. The van der Waals surface area contributed by atoms with E-state index in [9.17, 15) is 4.79 Å². The number of benzene rings is 2. The second-order valence-corrected chi connectivity index (χ2v) is 7.54. The summed E-state index contributed by atoms with van der Waals surface area (Å²) in [5.41, 5.74) is 3.33. The lowest BCUT2D eigenvalue weighted by Crippen LogP contribution is -2.38. The van der Waals surface area contributed by atoms with E-state index in [1.807, 2.05) is 48.5 Å². The fraction of sp³-hybridized carbons (Fsp3) is 0.182. The highest BCUT2D eigenvalue weighted by Gasteiger charge is 2.27. The number of halogens is 2. The van der Waals surface area contributed by atoms with Crippen LogP contribution in [0.3, 0.4) is 0 Å². The molecule has 0 unspecified atom stereocenters. The van der Waals surface area contributed by atoms with Crippen LogP contribution in [0, 0.1) is 0 Å². The van der Waals surface area contributed by atoms with Gasteiger partial charge in [-0.1, -0.05) is 65.7 Å². The van der Waals surface area contributed by atoms with E-state index in [4.69, 9.17) is 28.0 Å². The largest absolute Gasteiger partial charge is 0.366 e. The van der Waals surface area contributed by atoms with Gasteiger partial charge in [0.25, 0.3) is 5.91 Å². The van der Waals surface area contributed by atoms with E-state index < -0.39 is 0 Å². The van der Waals surface area contributed by atoms with Crippen LogP contribution in [0.1, 0.15) is 27.2 Å². The molecule has 1 aromatic heterocycles. The molecular formula is C22H19Cl2N3O2. The zero-order valence-corrected chi connectivity index (χ0v) is 17.1. The van der Waals surface area contributed by atoms with Crippen molar-refractivity contribution in [3.05, 3.63) is 93.1 Å². The third-order valence-corrected chi connectivity index (χ3v) is 5.42. The van der Waals surface area contributed by atoms with Gasteiger partial charge >= 0.3 is 0 Å². The maximum absolute atomic E-state index is 12.8. The van der Waals surface area contributed by atoms with Crippen LogP contribution in [0.4, 0.5) is 5.82 Å². The van der Waals surface area contributed by atoms with Crippen molar-refractivity contribution in [3.8, 4) is 0 Å². The average Bonchev–Trinajstić information content (AvgIpc) is 2.75. The molecule has 29 heavy (non-hydrogen) atoms. The molecule has 1 amide bonds. The van der Waals surface area contributed by atoms with Crippen LogP contribution < -0.4 is 5.32 Å². The van der Waals surface area contributed by atoms with Crippen molar-refractivity contribution in [2.24, 2.45) is 0 Å². The molecule has 148 valence electrons. The van der Waals surface area contributed by atoms with E-state index in [2.05, 4.69) is 10.3 Å². The minimum atomic E-state index is -0.222. The Morgan fingerprint density at radius 2 is 1.83 bits per heavy atom. The van der Waals surface area contributed by atoms with Crippen LogP contribution in [-0.4, -0.2) is 22.5 Å². The number of nitrogens with zero attached hydrogens (tertiary/aromatic N) is 2. The second kappa shape index (κ2) is 8.82. The molecule has 0 saturated carbocycles. The van der Waals surface area contributed by atoms with E-state index in [0.717, 1.165) is 16.7 Å². The monoisotopic (exact) mass is 427 g/mol. The number of rotatable bonds is 6.